The van der Waals surface area contributed by atoms with Crippen molar-refractivity contribution in [2.45, 2.75) is 13.8 Å². The van der Waals surface area contributed by atoms with E-state index in [9.17, 15) is 0 Å². The molecule has 0 atom stereocenters. The van der Waals surface area contributed by atoms with Crippen LogP contribution in [0.5, 0.6) is 0 Å². The maximum absolute atomic E-state index is 4.17. The molecule has 0 spiro atoms. The van der Waals surface area contributed by atoms with Gasteiger partial charge in [-0.2, -0.15) is 0 Å². The molecule has 2 nitrogen and oxygen atoms in total. The van der Waals surface area contributed by atoms with Crippen molar-refractivity contribution in [1.29, 1.82) is 0 Å². The number of aromatic nitrogens is 2. The first-order valence-electron chi connectivity index (χ1n) is 2.39. The van der Waals surface area contributed by atoms with Crippen LogP contribution in [0, 0.1) is 13.8 Å². The van der Waals surface area contributed by atoms with Crippen molar-refractivity contribution < 1.29 is 0 Å². The van der Waals surface area contributed by atoms with Crippen LogP contribution < -0.4 is 0 Å². The molecule has 1 aromatic rings. The van der Waals surface area contributed by atoms with E-state index in [-0.39, 0.29) is 0 Å². The zero-order valence-electron chi connectivity index (χ0n) is 4.85. The largest absolute Gasteiger partial charge is 0.276 e. The Morgan fingerprint density at radius 2 is 2.25 bits per heavy atom. The van der Waals surface area contributed by atoms with E-state index in [0.29, 0.717) is 0 Å². The van der Waals surface area contributed by atoms with Gasteiger partial charge < -0.3 is 0 Å². The topological polar surface area (TPSA) is 17.8 Å². The van der Waals surface area contributed by atoms with Crippen LogP contribution in [0.1, 0.15) is 11.5 Å². The molecule has 0 fully saturated rings. The van der Waals surface area contributed by atoms with E-state index in [1.807, 2.05) is 22.8 Å². The zero-order chi connectivity index (χ0) is 6.15. The fraction of sp³-hybridized carbons (Fsp3) is 0.400. The van der Waals surface area contributed by atoms with Gasteiger partial charge in [-0.05, 0) is 13.8 Å². The van der Waals surface area contributed by atoms with Gasteiger partial charge in [0.25, 0.3) is 0 Å². The third-order valence-electron chi connectivity index (χ3n) is 0.947. The van der Waals surface area contributed by atoms with Gasteiger partial charge in [0, 0.05) is 6.20 Å². The first kappa shape index (κ1) is 6.07. The second-order valence-corrected chi connectivity index (χ2v) is 2.78. The molecule has 0 aliphatic carbocycles. The predicted molar refractivity (Wildman–Crippen MR) is 41.1 cm³/mol. The molecule has 0 radical (unpaired) electrons. The Kier molecular flexibility index (Phi) is 1.55. The molecule has 1 rings (SSSR count). The van der Waals surface area contributed by atoms with Crippen molar-refractivity contribution in [2.24, 2.45) is 0 Å². The number of hydrogen-bond donors (Lipinski definition) is 0. The van der Waals surface area contributed by atoms with Gasteiger partial charge in [0.15, 0.2) is 0 Å². The van der Waals surface area contributed by atoms with Gasteiger partial charge in [-0.3, -0.25) is 2.78 Å². The summed E-state index contributed by atoms with van der Waals surface area (Å²) in [7, 11) is 0. The number of hydrogen-bond acceptors (Lipinski definition) is 1. The van der Waals surface area contributed by atoms with E-state index in [1.54, 1.807) is 0 Å². The van der Waals surface area contributed by atoms with E-state index in [2.05, 4.69) is 27.8 Å². The van der Waals surface area contributed by atoms with E-state index in [1.165, 1.54) is 0 Å². The number of imidazole rings is 1. The summed E-state index contributed by atoms with van der Waals surface area (Å²) < 4.78 is 1.98. The van der Waals surface area contributed by atoms with Crippen LogP contribution in [-0.2, 0) is 0 Å². The minimum absolute atomic E-state index is 1.06. The van der Waals surface area contributed by atoms with Crippen molar-refractivity contribution >= 4 is 22.9 Å². The van der Waals surface area contributed by atoms with Crippen molar-refractivity contribution in [3.8, 4) is 0 Å². The smallest absolute Gasteiger partial charge is 0.114 e. The van der Waals surface area contributed by atoms with Crippen LogP contribution >= 0.6 is 22.9 Å². The molecule has 44 valence electrons. The second-order valence-electron chi connectivity index (χ2n) is 1.74. The summed E-state index contributed by atoms with van der Waals surface area (Å²) in [6.45, 7) is 3.97. The lowest BCUT2D eigenvalue weighted by Gasteiger charge is -1.83. The van der Waals surface area contributed by atoms with Crippen LogP contribution in [0.25, 0.3) is 0 Å². The first-order chi connectivity index (χ1) is 3.70. The molecule has 1 aromatic heterocycles. The SMILES string of the molecule is Cc1cn(I)c(C)n1. The summed E-state index contributed by atoms with van der Waals surface area (Å²) in [5, 5.41) is 0. The Hall–Kier alpha value is -0.0600. The summed E-state index contributed by atoms with van der Waals surface area (Å²) in [5.41, 5.74) is 1.08. The molecule has 3 heteroatoms. The minimum Gasteiger partial charge on any atom is -0.276 e. The molecular weight excluding hydrogens is 215 g/mol. The lowest BCUT2D eigenvalue weighted by Crippen LogP contribution is -1.78. The summed E-state index contributed by atoms with van der Waals surface area (Å²) in [6, 6.07) is 0. The van der Waals surface area contributed by atoms with Crippen LogP contribution in [0.4, 0.5) is 0 Å². The van der Waals surface area contributed by atoms with Crippen LogP contribution in [0.2, 0.25) is 0 Å². The Labute approximate surface area is 62.4 Å². The number of nitrogens with zero attached hydrogens (tertiary/aromatic N) is 2. The van der Waals surface area contributed by atoms with Gasteiger partial charge in [-0.1, -0.05) is 0 Å². The number of aryl methyl sites for hydroxylation is 2. The summed E-state index contributed by atoms with van der Waals surface area (Å²) in [6.07, 6.45) is 2.00. The third kappa shape index (κ3) is 1.02. The van der Waals surface area contributed by atoms with E-state index >= 15 is 0 Å². The molecule has 0 N–H and O–H groups in total. The van der Waals surface area contributed by atoms with E-state index in [4.69, 9.17) is 0 Å². The molecule has 0 aliphatic rings. The van der Waals surface area contributed by atoms with Crippen molar-refractivity contribution in [2.75, 3.05) is 0 Å². The van der Waals surface area contributed by atoms with Crippen LogP contribution in [0.15, 0.2) is 6.20 Å². The summed E-state index contributed by atoms with van der Waals surface area (Å²) >= 11 is 2.20. The second kappa shape index (κ2) is 2.05. The first-order valence-corrected chi connectivity index (χ1v) is 3.35. The molecule has 0 aromatic carbocycles. The van der Waals surface area contributed by atoms with E-state index < -0.39 is 0 Å². The quantitative estimate of drug-likeness (QED) is 0.611. The van der Waals surface area contributed by atoms with Gasteiger partial charge in [0.1, 0.15) is 5.82 Å². The number of halogens is 1. The molecule has 8 heavy (non-hydrogen) atoms. The lowest BCUT2D eigenvalue weighted by atomic mass is 10.6. The zero-order valence-corrected chi connectivity index (χ0v) is 7.01. The average molecular weight is 222 g/mol. The van der Waals surface area contributed by atoms with Gasteiger partial charge in [-0.15, -0.1) is 0 Å². The lowest BCUT2D eigenvalue weighted by molar-refractivity contribution is 1.11. The normalized spacial score (nSPS) is 9.88. The van der Waals surface area contributed by atoms with Gasteiger partial charge >= 0.3 is 0 Å². The Morgan fingerprint density at radius 3 is 2.38 bits per heavy atom. The Balaban J connectivity index is 3.14. The predicted octanol–water partition coefficient (Wildman–Crippen LogP) is 1.70. The molecule has 0 saturated carbocycles. The summed E-state index contributed by atoms with van der Waals surface area (Å²) in [5.74, 6) is 1.06. The summed E-state index contributed by atoms with van der Waals surface area (Å²) in [4.78, 5) is 4.17. The molecule has 0 amide bonds. The maximum atomic E-state index is 4.17. The highest BCUT2D eigenvalue weighted by Gasteiger charge is 1.93. The monoisotopic (exact) mass is 222 g/mol. The Morgan fingerprint density at radius 1 is 1.62 bits per heavy atom. The Bertz CT molecular complexity index is 173. The van der Waals surface area contributed by atoms with Gasteiger partial charge in [0.2, 0.25) is 0 Å². The van der Waals surface area contributed by atoms with E-state index in [0.717, 1.165) is 11.5 Å². The third-order valence-corrected chi connectivity index (χ3v) is 1.92. The fourth-order valence-electron chi connectivity index (χ4n) is 0.589. The van der Waals surface area contributed by atoms with Crippen molar-refractivity contribution in [1.82, 2.24) is 7.76 Å². The van der Waals surface area contributed by atoms with Crippen molar-refractivity contribution in [3.05, 3.63) is 17.7 Å². The van der Waals surface area contributed by atoms with Gasteiger partial charge in [0.05, 0.1) is 28.6 Å². The standard InChI is InChI=1S/C5H7IN2/c1-4-3-8(6)5(2)7-4/h3H,1-2H3. The van der Waals surface area contributed by atoms with Crippen LogP contribution in [-0.4, -0.2) is 7.76 Å². The average Bonchev–Trinajstić information content (AvgIpc) is 1.85. The highest BCUT2D eigenvalue weighted by atomic mass is 127. The molecule has 0 saturated heterocycles. The molecule has 0 aliphatic heterocycles. The van der Waals surface area contributed by atoms with Crippen molar-refractivity contribution in [3.63, 3.8) is 0 Å². The van der Waals surface area contributed by atoms with Gasteiger partial charge in [-0.25, -0.2) is 4.98 Å². The molecular formula is C5H7IN2. The fourth-order valence-corrected chi connectivity index (χ4v) is 1.10. The van der Waals surface area contributed by atoms with Crippen LogP contribution in [0.3, 0.4) is 0 Å². The molecule has 0 bridgehead atoms. The maximum Gasteiger partial charge on any atom is 0.114 e. The molecule has 1 heterocycles. The highest BCUT2D eigenvalue weighted by molar-refractivity contribution is 14.1. The highest BCUT2D eigenvalue weighted by Crippen LogP contribution is 2.03. The molecule has 0 unspecified atom stereocenters. The number of rotatable bonds is 0. The minimum atomic E-state index is 1.06.